The Morgan fingerprint density at radius 1 is 0.967 bits per heavy atom. The molecule has 0 fully saturated rings. The van der Waals surface area contributed by atoms with Crippen molar-refractivity contribution in [3.8, 4) is 0 Å². The van der Waals surface area contributed by atoms with Crippen LogP contribution in [0, 0.1) is 0 Å². The number of amides is 2. The minimum Gasteiger partial charge on any atom is -0.443 e. The van der Waals surface area contributed by atoms with Crippen molar-refractivity contribution in [2.45, 2.75) is 39.0 Å². The summed E-state index contributed by atoms with van der Waals surface area (Å²) in [6.45, 7) is 6.30. The zero-order valence-corrected chi connectivity index (χ0v) is 16.8. The van der Waals surface area contributed by atoms with Crippen molar-refractivity contribution in [1.82, 2.24) is 10.9 Å². The van der Waals surface area contributed by atoms with Crippen LogP contribution in [0.15, 0.2) is 54.6 Å². The fraction of sp³-hybridized carbons (Fsp3) is 0.273. The molecule has 0 aliphatic carbocycles. The third-order valence-electron chi connectivity index (χ3n) is 4.12. The van der Waals surface area contributed by atoms with Crippen molar-refractivity contribution in [2.24, 2.45) is 0 Å². The second-order valence-corrected chi connectivity index (χ2v) is 7.59. The van der Waals surface area contributed by atoms with E-state index in [9.17, 15) is 22.8 Å². The number of benzene rings is 2. The van der Waals surface area contributed by atoms with Gasteiger partial charge in [-0.05, 0) is 40.3 Å². The molecule has 0 bridgehead atoms. The summed E-state index contributed by atoms with van der Waals surface area (Å²) in [5.41, 5.74) is 5.49. The molecular weight excluding hydrogens is 397 g/mol. The Labute approximate surface area is 172 Å². The molecule has 2 aromatic rings. The first-order valence-electron chi connectivity index (χ1n) is 9.12. The highest BCUT2D eigenvalue weighted by atomic mass is 19.4. The van der Waals surface area contributed by atoms with Crippen molar-refractivity contribution < 1.29 is 27.5 Å². The van der Waals surface area contributed by atoms with Crippen LogP contribution in [0.3, 0.4) is 0 Å². The summed E-state index contributed by atoms with van der Waals surface area (Å²) in [6.07, 6.45) is -3.13. The maximum atomic E-state index is 12.7. The maximum absolute atomic E-state index is 12.7. The van der Waals surface area contributed by atoms with E-state index in [2.05, 4.69) is 31.6 Å². The van der Waals surface area contributed by atoms with Crippen molar-refractivity contribution in [2.75, 3.05) is 0 Å². The Bertz CT molecular complexity index is 914. The lowest BCUT2D eigenvalue weighted by Gasteiger charge is -2.19. The Balaban J connectivity index is 1.79. The summed E-state index contributed by atoms with van der Waals surface area (Å²) >= 11 is 0. The van der Waals surface area contributed by atoms with Crippen molar-refractivity contribution in [3.63, 3.8) is 0 Å². The molecule has 2 amide bonds. The maximum Gasteiger partial charge on any atom is 0.426 e. The van der Waals surface area contributed by atoms with Crippen LogP contribution in [0.2, 0.25) is 0 Å². The molecular formula is C22H23F3N2O3. The molecule has 2 aromatic carbocycles. The molecule has 0 aliphatic rings. The number of alkyl halides is 3. The van der Waals surface area contributed by atoms with E-state index >= 15 is 0 Å². The van der Waals surface area contributed by atoms with Gasteiger partial charge in [0, 0.05) is 6.08 Å². The van der Waals surface area contributed by atoms with Crippen LogP contribution in [-0.2, 0) is 27.7 Å². The molecule has 0 aromatic heterocycles. The largest absolute Gasteiger partial charge is 0.443 e. The Kier molecular flexibility index (Phi) is 7.26. The molecule has 0 radical (unpaired) electrons. The van der Waals surface area contributed by atoms with Crippen LogP contribution in [0.4, 0.5) is 18.0 Å². The molecule has 0 saturated heterocycles. The van der Waals surface area contributed by atoms with E-state index in [1.165, 1.54) is 18.2 Å². The standard InChI is InChI=1S/C22H23F3N2O3/c1-21(2,3)17-10-7-16(8-11-17)14-30-20(29)27-26-19(28)12-9-15-5-4-6-18(13-15)22(23,24)25/h4-13H,14H2,1-3H3,(H,26,28)(H,27,29). The minimum absolute atomic E-state index is 0.0165. The number of hydrazine groups is 1. The van der Waals surface area contributed by atoms with Crippen LogP contribution >= 0.6 is 0 Å². The summed E-state index contributed by atoms with van der Waals surface area (Å²) in [7, 11) is 0. The predicted octanol–water partition coefficient (Wildman–Crippen LogP) is 4.97. The van der Waals surface area contributed by atoms with E-state index in [1.54, 1.807) is 0 Å². The lowest BCUT2D eigenvalue weighted by Crippen LogP contribution is -2.41. The van der Waals surface area contributed by atoms with Gasteiger partial charge in [-0.25, -0.2) is 10.2 Å². The van der Waals surface area contributed by atoms with Gasteiger partial charge in [-0.2, -0.15) is 13.2 Å². The molecule has 0 heterocycles. The van der Waals surface area contributed by atoms with Crippen LogP contribution < -0.4 is 10.9 Å². The smallest absolute Gasteiger partial charge is 0.426 e. The van der Waals surface area contributed by atoms with Crippen molar-refractivity contribution in [3.05, 3.63) is 76.9 Å². The lowest BCUT2D eigenvalue weighted by atomic mass is 9.87. The summed E-state index contributed by atoms with van der Waals surface area (Å²) in [4.78, 5) is 23.4. The van der Waals surface area contributed by atoms with Crippen LogP contribution in [-0.4, -0.2) is 12.0 Å². The Hall–Kier alpha value is -3.29. The molecule has 0 spiro atoms. The first-order valence-corrected chi connectivity index (χ1v) is 9.12. The fourth-order valence-electron chi connectivity index (χ4n) is 2.43. The second-order valence-electron chi connectivity index (χ2n) is 7.59. The highest BCUT2D eigenvalue weighted by Gasteiger charge is 2.30. The second kappa shape index (κ2) is 9.47. The van der Waals surface area contributed by atoms with Gasteiger partial charge in [0.2, 0.25) is 0 Å². The number of halogens is 3. The average Bonchev–Trinajstić information content (AvgIpc) is 2.68. The van der Waals surface area contributed by atoms with Gasteiger partial charge in [-0.3, -0.25) is 10.2 Å². The average molecular weight is 420 g/mol. The minimum atomic E-state index is -4.47. The normalized spacial score (nSPS) is 11.9. The first-order chi connectivity index (χ1) is 13.9. The van der Waals surface area contributed by atoms with Gasteiger partial charge in [-0.1, -0.05) is 57.2 Å². The molecule has 0 aliphatic heterocycles. The van der Waals surface area contributed by atoms with Gasteiger partial charge in [0.25, 0.3) is 5.91 Å². The van der Waals surface area contributed by atoms with Crippen LogP contribution in [0.25, 0.3) is 6.08 Å². The van der Waals surface area contributed by atoms with Gasteiger partial charge in [0.05, 0.1) is 5.56 Å². The van der Waals surface area contributed by atoms with E-state index in [-0.39, 0.29) is 17.6 Å². The number of rotatable bonds is 4. The summed E-state index contributed by atoms with van der Waals surface area (Å²) in [5.74, 6) is -0.723. The number of nitrogens with one attached hydrogen (secondary N) is 2. The quantitative estimate of drug-likeness (QED) is 0.542. The third kappa shape index (κ3) is 7.27. The SMILES string of the molecule is CC(C)(C)c1ccc(COC(=O)NNC(=O)C=Cc2cccc(C(F)(F)F)c2)cc1. The van der Waals surface area contributed by atoms with E-state index in [0.29, 0.717) is 0 Å². The zero-order chi connectivity index (χ0) is 22.4. The number of ether oxygens (including phenoxy) is 1. The monoisotopic (exact) mass is 420 g/mol. The molecule has 0 atom stereocenters. The van der Waals surface area contributed by atoms with E-state index in [0.717, 1.165) is 29.3 Å². The molecule has 160 valence electrons. The third-order valence-corrected chi connectivity index (χ3v) is 4.12. The van der Waals surface area contributed by atoms with E-state index in [4.69, 9.17) is 4.74 Å². The Morgan fingerprint density at radius 2 is 1.63 bits per heavy atom. The number of carbonyl (C=O) groups is 2. The number of hydrogen-bond donors (Lipinski definition) is 2. The first kappa shape index (κ1) is 23.0. The van der Waals surface area contributed by atoms with E-state index < -0.39 is 23.7 Å². The van der Waals surface area contributed by atoms with Crippen molar-refractivity contribution in [1.29, 1.82) is 0 Å². The molecule has 0 unspecified atom stereocenters. The van der Waals surface area contributed by atoms with Gasteiger partial charge < -0.3 is 4.74 Å². The van der Waals surface area contributed by atoms with Crippen LogP contribution in [0.5, 0.6) is 0 Å². The highest BCUT2D eigenvalue weighted by Crippen LogP contribution is 2.29. The molecule has 30 heavy (non-hydrogen) atoms. The van der Waals surface area contributed by atoms with Gasteiger partial charge in [0.15, 0.2) is 0 Å². The summed E-state index contributed by atoms with van der Waals surface area (Å²) < 4.78 is 43.0. The molecule has 8 heteroatoms. The summed E-state index contributed by atoms with van der Waals surface area (Å²) in [6, 6.07) is 12.1. The topological polar surface area (TPSA) is 67.4 Å². The summed E-state index contributed by atoms with van der Waals surface area (Å²) in [5, 5.41) is 0. The fourth-order valence-corrected chi connectivity index (χ4v) is 2.43. The molecule has 2 rings (SSSR count). The molecule has 5 nitrogen and oxygen atoms in total. The molecule has 0 saturated carbocycles. The van der Waals surface area contributed by atoms with Gasteiger partial charge in [0.1, 0.15) is 6.61 Å². The number of hydrogen-bond acceptors (Lipinski definition) is 3. The Morgan fingerprint density at radius 3 is 2.23 bits per heavy atom. The predicted molar refractivity (Wildman–Crippen MR) is 107 cm³/mol. The molecule has 2 N–H and O–H groups in total. The van der Waals surface area contributed by atoms with Crippen molar-refractivity contribution >= 4 is 18.1 Å². The highest BCUT2D eigenvalue weighted by molar-refractivity contribution is 5.92. The lowest BCUT2D eigenvalue weighted by molar-refractivity contribution is -0.137. The van der Waals surface area contributed by atoms with Gasteiger partial charge >= 0.3 is 12.3 Å². The van der Waals surface area contributed by atoms with Crippen LogP contribution in [0.1, 0.15) is 43.0 Å². The number of carbonyl (C=O) groups excluding carboxylic acids is 2. The van der Waals surface area contributed by atoms with Gasteiger partial charge in [-0.15, -0.1) is 0 Å². The zero-order valence-electron chi connectivity index (χ0n) is 16.8. The van der Waals surface area contributed by atoms with E-state index in [1.807, 2.05) is 24.3 Å².